The first-order valence-corrected chi connectivity index (χ1v) is 12.8. The van der Waals surface area contributed by atoms with Crippen molar-refractivity contribution in [1.82, 2.24) is 10.3 Å². The molecule has 1 saturated heterocycles. The van der Waals surface area contributed by atoms with E-state index >= 15 is 0 Å². The SMILES string of the molecule is Cc1ccc(-c2nc3ccccc3s2)cc1NC(=S)NC(=O)c1ccc(N2CCOCC2)c([N+](=O)[O-])c1. The zero-order valence-corrected chi connectivity index (χ0v) is 21.5. The molecule has 1 amide bonds. The minimum Gasteiger partial charge on any atom is -0.378 e. The third-order valence-corrected chi connectivity index (χ3v) is 7.33. The molecular formula is C26H23N5O4S2. The van der Waals surface area contributed by atoms with Gasteiger partial charge in [0.05, 0.1) is 28.4 Å². The van der Waals surface area contributed by atoms with Crippen molar-refractivity contribution in [3.05, 3.63) is 81.9 Å². The maximum Gasteiger partial charge on any atom is 0.293 e. The molecule has 4 aromatic rings. The fourth-order valence-electron chi connectivity index (χ4n) is 4.10. The first-order chi connectivity index (χ1) is 17.9. The van der Waals surface area contributed by atoms with Gasteiger partial charge in [0, 0.05) is 36.0 Å². The van der Waals surface area contributed by atoms with Gasteiger partial charge in [-0.15, -0.1) is 11.3 Å². The number of thiazole rings is 1. The van der Waals surface area contributed by atoms with Gasteiger partial charge in [-0.25, -0.2) is 4.98 Å². The van der Waals surface area contributed by atoms with E-state index in [-0.39, 0.29) is 16.4 Å². The highest BCUT2D eigenvalue weighted by atomic mass is 32.1. The van der Waals surface area contributed by atoms with Crippen molar-refractivity contribution < 1.29 is 14.5 Å². The number of nitro benzene ring substituents is 1. The quantitative estimate of drug-likeness (QED) is 0.206. The number of nitrogens with one attached hydrogen (secondary N) is 2. The molecule has 0 aliphatic carbocycles. The van der Waals surface area contributed by atoms with Crippen LogP contribution in [-0.2, 0) is 4.74 Å². The molecule has 1 aliphatic rings. The molecule has 1 aliphatic heterocycles. The Labute approximate surface area is 222 Å². The summed E-state index contributed by atoms with van der Waals surface area (Å²) in [5, 5.41) is 18.4. The smallest absolute Gasteiger partial charge is 0.293 e. The molecule has 5 rings (SSSR count). The van der Waals surface area contributed by atoms with Crippen LogP contribution in [0.1, 0.15) is 15.9 Å². The lowest BCUT2D eigenvalue weighted by Crippen LogP contribution is -2.37. The third-order valence-electron chi connectivity index (χ3n) is 6.04. The van der Waals surface area contributed by atoms with Gasteiger partial charge < -0.3 is 15.0 Å². The molecule has 188 valence electrons. The fourth-order valence-corrected chi connectivity index (χ4v) is 5.26. The number of rotatable bonds is 5. The molecule has 9 nitrogen and oxygen atoms in total. The number of amides is 1. The number of aromatic nitrogens is 1. The normalized spacial score (nSPS) is 13.4. The molecule has 11 heteroatoms. The molecule has 1 fully saturated rings. The Hall–Kier alpha value is -3.93. The lowest BCUT2D eigenvalue weighted by molar-refractivity contribution is -0.384. The molecule has 0 saturated carbocycles. The monoisotopic (exact) mass is 533 g/mol. The number of carbonyl (C=O) groups excluding carboxylic acids is 1. The standard InChI is InChI=1S/C26H23N5O4S2/c1-16-6-7-18(25-27-19-4-2-3-5-23(19)37-25)14-20(16)28-26(36)29-24(32)17-8-9-21(22(15-17)31(33)34)30-10-12-35-13-11-30/h2-9,14-15H,10-13H2,1H3,(H2,28,29,32,36). The van der Waals surface area contributed by atoms with Crippen molar-refractivity contribution >= 4 is 61.9 Å². The van der Waals surface area contributed by atoms with E-state index in [0.29, 0.717) is 32.0 Å². The van der Waals surface area contributed by atoms with Crippen molar-refractivity contribution in [1.29, 1.82) is 0 Å². The van der Waals surface area contributed by atoms with Crippen molar-refractivity contribution in [2.24, 2.45) is 0 Å². The Kier molecular flexibility index (Phi) is 7.08. The minimum atomic E-state index is -0.533. The summed E-state index contributed by atoms with van der Waals surface area (Å²) in [7, 11) is 0. The number of hydrogen-bond donors (Lipinski definition) is 2. The van der Waals surface area contributed by atoms with Crippen LogP contribution in [-0.4, -0.2) is 47.2 Å². The van der Waals surface area contributed by atoms with Crippen LogP contribution in [0.25, 0.3) is 20.8 Å². The Morgan fingerprint density at radius 2 is 1.92 bits per heavy atom. The summed E-state index contributed by atoms with van der Waals surface area (Å²) >= 11 is 6.98. The molecule has 2 heterocycles. The van der Waals surface area contributed by atoms with Gasteiger partial charge in [0.25, 0.3) is 11.6 Å². The highest BCUT2D eigenvalue weighted by molar-refractivity contribution is 7.80. The molecule has 37 heavy (non-hydrogen) atoms. The molecule has 3 aromatic carbocycles. The number of benzene rings is 3. The van der Waals surface area contributed by atoms with Crippen molar-refractivity contribution in [2.75, 3.05) is 36.5 Å². The zero-order valence-electron chi connectivity index (χ0n) is 19.9. The molecule has 0 radical (unpaired) electrons. The number of thiocarbonyl (C=S) groups is 1. The topological polar surface area (TPSA) is 110 Å². The third kappa shape index (κ3) is 5.43. The number of aryl methyl sites for hydroxylation is 1. The Bertz CT molecular complexity index is 1480. The number of fused-ring (bicyclic) bond motifs is 1. The Morgan fingerprint density at radius 3 is 2.68 bits per heavy atom. The summed E-state index contributed by atoms with van der Waals surface area (Å²) in [6.45, 7) is 4.03. The van der Waals surface area contributed by atoms with Crippen LogP contribution in [0, 0.1) is 17.0 Å². The van der Waals surface area contributed by atoms with Gasteiger partial charge in [-0.1, -0.05) is 24.3 Å². The lowest BCUT2D eigenvalue weighted by atomic mass is 10.1. The largest absolute Gasteiger partial charge is 0.378 e. The second kappa shape index (κ2) is 10.6. The number of morpholine rings is 1. The predicted octanol–water partition coefficient (Wildman–Crippen LogP) is 5.14. The van der Waals surface area contributed by atoms with Crippen molar-refractivity contribution in [2.45, 2.75) is 6.92 Å². The average Bonchev–Trinajstić information content (AvgIpc) is 3.34. The van der Waals surface area contributed by atoms with E-state index in [4.69, 9.17) is 21.9 Å². The van der Waals surface area contributed by atoms with Crippen molar-refractivity contribution in [3.8, 4) is 10.6 Å². The summed E-state index contributed by atoms with van der Waals surface area (Å²) in [6, 6.07) is 18.3. The van der Waals surface area contributed by atoms with Crippen molar-refractivity contribution in [3.63, 3.8) is 0 Å². The summed E-state index contributed by atoms with van der Waals surface area (Å²) in [6.07, 6.45) is 0. The number of hydrogen-bond acceptors (Lipinski definition) is 8. The maximum absolute atomic E-state index is 12.9. The molecule has 1 aromatic heterocycles. The summed E-state index contributed by atoms with van der Waals surface area (Å²) < 4.78 is 6.43. The second-order valence-corrected chi connectivity index (χ2v) is 9.92. The summed E-state index contributed by atoms with van der Waals surface area (Å²) in [4.78, 5) is 30.7. The highest BCUT2D eigenvalue weighted by Gasteiger charge is 2.23. The number of nitrogens with zero attached hydrogens (tertiary/aromatic N) is 3. The molecule has 0 bridgehead atoms. The number of nitro groups is 1. The fraction of sp³-hybridized carbons (Fsp3) is 0.192. The van der Waals surface area contributed by atoms with Gasteiger partial charge >= 0.3 is 0 Å². The Balaban J connectivity index is 1.31. The van der Waals surface area contributed by atoms with Crippen LogP contribution in [0.2, 0.25) is 0 Å². The van der Waals surface area contributed by atoms with Crippen LogP contribution in [0.15, 0.2) is 60.7 Å². The first kappa shape index (κ1) is 24.8. The van der Waals surface area contributed by atoms with Crippen LogP contribution < -0.4 is 15.5 Å². The van der Waals surface area contributed by atoms with Gasteiger partial charge in [0.1, 0.15) is 10.7 Å². The zero-order chi connectivity index (χ0) is 25.9. The first-order valence-electron chi connectivity index (χ1n) is 11.6. The Morgan fingerprint density at radius 1 is 1.14 bits per heavy atom. The van der Waals surface area contributed by atoms with E-state index in [1.165, 1.54) is 6.07 Å². The molecule has 2 N–H and O–H groups in total. The number of para-hydroxylation sites is 1. The highest BCUT2D eigenvalue weighted by Crippen LogP contribution is 2.33. The van der Waals surface area contributed by atoms with E-state index in [2.05, 4.69) is 10.6 Å². The van der Waals surface area contributed by atoms with Gasteiger partial charge in [-0.2, -0.15) is 0 Å². The van der Waals surface area contributed by atoms with E-state index in [1.807, 2.05) is 54.3 Å². The minimum absolute atomic E-state index is 0.0921. The number of anilines is 2. The summed E-state index contributed by atoms with van der Waals surface area (Å²) in [5.41, 5.74) is 4.02. The van der Waals surface area contributed by atoms with E-state index in [0.717, 1.165) is 32.0 Å². The van der Waals surface area contributed by atoms with Gasteiger partial charge in [-0.3, -0.25) is 20.2 Å². The average molecular weight is 534 g/mol. The van der Waals surface area contributed by atoms with Gasteiger partial charge in [0.15, 0.2) is 5.11 Å². The summed E-state index contributed by atoms with van der Waals surface area (Å²) in [5.74, 6) is -0.533. The van der Waals surface area contributed by atoms with Crippen LogP contribution in [0.3, 0.4) is 0 Å². The molecule has 0 spiro atoms. The van der Waals surface area contributed by atoms with E-state index in [9.17, 15) is 14.9 Å². The van der Waals surface area contributed by atoms with Crippen LogP contribution in [0.5, 0.6) is 0 Å². The second-order valence-electron chi connectivity index (χ2n) is 8.48. The number of ether oxygens (including phenoxy) is 1. The van der Waals surface area contributed by atoms with Gasteiger partial charge in [-0.05, 0) is 55.0 Å². The van der Waals surface area contributed by atoms with Crippen LogP contribution in [0.4, 0.5) is 17.1 Å². The molecule has 0 unspecified atom stereocenters. The predicted molar refractivity (Wildman–Crippen MR) is 150 cm³/mol. The van der Waals surface area contributed by atoms with E-state index in [1.54, 1.807) is 23.5 Å². The number of carbonyl (C=O) groups is 1. The van der Waals surface area contributed by atoms with Crippen LogP contribution >= 0.6 is 23.6 Å². The van der Waals surface area contributed by atoms with Gasteiger partial charge in [0.2, 0.25) is 0 Å². The lowest BCUT2D eigenvalue weighted by Gasteiger charge is -2.28. The van der Waals surface area contributed by atoms with E-state index < -0.39 is 10.8 Å². The molecular weight excluding hydrogens is 510 g/mol. The molecule has 0 atom stereocenters. The maximum atomic E-state index is 12.9.